The fourth-order valence-electron chi connectivity index (χ4n) is 1.78. The molecule has 0 amide bonds. The molecule has 0 aromatic heterocycles. The summed E-state index contributed by atoms with van der Waals surface area (Å²) in [6, 6.07) is 12.5. The summed E-state index contributed by atoms with van der Waals surface area (Å²) in [5.41, 5.74) is 1.29. The molecule has 0 radical (unpaired) electrons. The minimum absolute atomic E-state index is 0.219. The summed E-state index contributed by atoms with van der Waals surface area (Å²) in [4.78, 5) is 0. The minimum atomic E-state index is 0.219. The lowest BCUT2D eigenvalue weighted by Gasteiger charge is -2.13. The van der Waals surface area contributed by atoms with Crippen LogP contribution in [0.5, 0.6) is 5.75 Å². The number of rotatable bonds is 2. The van der Waals surface area contributed by atoms with E-state index in [1.807, 2.05) is 0 Å². The molecule has 0 fully saturated rings. The zero-order valence-electron chi connectivity index (χ0n) is 9.45. The van der Waals surface area contributed by atoms with E-state index < -0.39 is 0 Å². The Bertz CT molecular complexity index is 472. The van der Waals surface area contributed by atoms with E-state index in [2.05, 4.69) is 57.2 Å². The van der Waals surface area contributed by atoms with E-state index in [1.54, 1.807) is 0 Å². The van der Waals surface area contributed by atoms with E-state index in [0.717, 1.165) is 5.75 Å². The number of hydrogen-bond donors (Lipinski definition) is 0. The van der Waals surface area contributed by atoms with Crippen molar-refractivity contribution in [1.29, 1.82) is 0 Å². The van der Waals surface area contributed by atoms with Crippen molar-refractivity contribution in [2.75, 3.05) is 0 Å². The summed E-state index contributed by atoms with van der Waals surface area (Å²) in [5.74, 6) is 0.978. The average molecular weight is 200 g/mol. The van der Waals surface area contributed by atoms with Gasteiger partial charge in [0, 0.05) is 5.39 Å². The molecular formula is C14H16O. The Labute approximate surface area is 90.7 Å². The lowest BCUT2D eigenvalue weighted by Crippen LogP contribution is -2.05. The van der Waals surface area contributed by atoms with Gasteiger partial charge in [-0.3, -0.25) is 0 Å². The lowest BCUT2D eigenvalue weighted by atomic mass is 10.0. The van der Waals surface area contributed by atoms with E-state index in [0.29, 0.717) is 0 Å². The second-order valence-electron chi connectivity index (χ2n) is 4.09. The van der Waals surface area contributed by atoms with Gasteiger partial charge in [0.25, 0.3) is 0 Å². The van der Waals surface area contributed by atoms with Crippen molar-refractivity contribution in [3.63, 3.8) is 0 Å². The summed E-state index contributed by atoms with van der Waals surface area (Å²) in [7, 11) is 0. The number of aryl methyl sites for hydroxylation is 1. The van der Waals surface area contributed by atoms with Gasteiger partial charge in [0.1, 0.15) is 5.75 Å². The van der Waals surface area contributed by atoms with Crippen molar-refractivity contribution in [2.45, 2.75) is 26.9 Å². The molecule has 2 aromatic carbocycles. The van der Waals surface area contributed by atoms with Gasteiger partial charge in [-0.1, -0.05) is 30.3 Å². The molecule has 0 aliphatic heterocycles. The number of ether oxygens (including phenoxy) is 1. The smallest absolute Gasteiger partial charge is 0.127 e. The fraction of sp³-hybridized carbons (Fsp3) is 0.286. The van der Waals surface area contributed by atoms with E-state index in [4.69, 9.17) is 4.74 Å². The zero-order chi connectivity index (χ0) is 10.8. The average Bonchev–Trinajstić information content (AvgIpc) is 2.22. The van der Waals surface area contributed by atoms with Gasteiger partial charge < -0.3 is 4.74 Å². The van der Waals surface area contributed by atoms with Crippen molar-refractivity contribution in [1.82, 2.24) is 0 Å². The molecule has 0 atom stereocenters. The molecule has 1 heteroatoms. The van der Waals surface area contributed by atoms with E-state index in [1.165, 1.54) is 16.3 Å². The third kappa shape index (κ3) is 1.96. The summed E-state index contributed by atoms with van der Waals surface area (Å²) in [6.45, 7) is 6.23. The van der Waals surface area contributed by atoms with Crippen molar-refractivity contribution >= 4 is 10.8 Å². The first-order chi connectivity index (χ1) is 7.18. The lowest BCUT2D eigenvalue weighted by molar-refractivity contribution is 0.245. The highest BCUT2D eigenvalue weighted by Gasteiger charge is 2.04. The first kappa shape index (κ1) is 10.0. The van der Waals surface area contributed by atoms with E-state index in [9.17, 15) is 0 Å². The maximum absolute atomic E-state index is 5.78. The van der Waals surface area contributed by atoms with Crippen LogP contribution in [-0.2, 0) is 0 Å². The quantitative estimate of drug-likeness (QED) is 0.713. The second-order valence-corrected chi connectivity index (χ2v) is 4.09. The highest BCUT2D eigenvalue weighted by molar-refractivity contribution is 5.90. The molecule has 0 saturated heterocycles. The molecular weight excluding hydrogens is 184 g/mol. The van der Waals surface area contributed by atoms with Gasteiger partial charge in [0.15, 0.2) is 0 Å². The SMILES string of the molecule is Cc1ccc(OC(C)C)c2ccccc12. The number of hydrogen-bond acceptors (Lipinski definition) is 1. The summed E-state index contributed by atoms with van der Waals surface area (Å²) >= 11 is 0. The maximum atomic E-state index is 5.78. The topological polar surface area (TPSA) is 9.23 Å². The molecule has 15 heavy (non-hydrogen) atoms. The third-order valence-corrected chi connectivity index (χ3v) is 2.46. The van der Waals surface area contributed by atoms with Crippen LogP contribution in [0.15, 0.2) is 36.4 Å². The molecule has 0 bridgehead atoms. The van der Waals surface area contributed by atoms with Crippen LogP contribution in [0.3, 0.4) is 0 Å². The van der Waals surface area contributed by atoms with Gasteiger partial charge in [-0.15, -0.1) is 0 Å². The van der Waals surface area contributed by atoms with E-state index in [-0.39, 0.29) is 6.10 Å². The first-order valence-electron chi connectivity index (χ1n) is 5.33. The molecule has 1 nitrogen and oxygen atoms in total. The minimum Gasteiger partial charge on any atom is -0.490 e. The van der Waals surface area contributed by atoms with Gasteiger partial charge in [-0.25, -0.2) is 0 Å². The maximum Gasteiger partial charge on any atom is 0.127 e. The van der Waals surface area contributed by atoms with Crippen molar-refractivity contribution in [2.24, 2.45) is 0 Å². The van der Waals surface area contributed by atoms with Crippen LogP contribution in [0.4, 0.5) is 0 Å². The first-order valence-corrected chi connectivity index (χ1v) is 5.33. The molecule has 0 spiro atoms. The van der Waals surface area contributed by atoms with Gasteiger partial charge in [0.2, 0.25) is 0 Å². The molecule has 0 aliphatic carbocycles. The molecule has 0 heterocycles. The molecule has 2 aromatic rings. The summed E-state index contributed by atoms with van der Waals surface area (Å²) in [6.07, 6.45) is 0.219. The Balaban J connectivity index is 2.61. The zero-order valence-corrected chi connectivity index (χ0v) is 9.45. The van der Waals surface area contributed by atoms with Gasteiger partial charge in [0.05, 0.1) is 6.10 Å². The van der Waals surface area contributed by atoms with Crippen LogP contribution in [-0.4, -0.2) is 6.10 Å². The second kappa shape index (κ2) is 3.93. The largest absolute Gasteiger partial charge is 0.490 e. The Morgan fingerprint density at radius 2 is 1.60 bits per heavy atom. The number of benzene rings is 2. The summed E-state index contributed by atoms with van der Waals surface area (Å²) in [5, 5.41) is 2.47. The highest BCUT2D eigenvalue weighted by Crippen LogP contribution is 2.28. The normalized spacial score (nSPS) is 10.9. The van der Waals surface area contributed by atoms with Gasteiger partial charge in [-0.05, 0) is 37.8 Å². The van der Waals surface area contributed by atoms with Crippen LogP contribution in [0.2, 0.25) is 0 Å². The van der Waals surface area contributed by atoms with Crippen molar-refractivity contribution in [3.05, 3.63) is 42.0 Å². The van der Waals surface area contributed by atoms with Crippen LogP contribution < -0.4 is 4.74 Å². The standard InChI is InChI=1S/C14H16O/c1-10(2)15-14-9-8-11(3)12-6-4-5-7-13(12)14/h4-10H,1-3H3. The Morgan fingerprint density at radius 3 is 2.27 bits per heavy atom. The molecule has 2 rings (SSSR count). The predicted octanol–water partition coefficient (Wildman–Crippen LogP) is 3.94. The van der Waals surface area contributed by atoms with Crippen LogP contribution in [0.25, 0.3) is 10.8 Å². The molecule has 0 saturated carbocycles. The Morgan fingerprint density at radius 1 is 0.933 bits per heavy atom. The van der Waals surface area contributed by atoms with Crippen molar-refractivity contribution in [3.8, 4) is 5.75 Å². The van der Waals surface area contributed by atoms with Gasteiger partial charge in [-0.2, -0.15) is 0 Å². The molecule has 78 valence electrons. The third-order valence-electron chi connectivity index (χ3n) is 2.46. The van der Waals surface area contributed by atoms with Gasteiger partial charge >= 0.3 is 0 Å². The Kier molecular flexibility index (Phi) is 2.63. The Hall–Kier alpha value is -1.50. The van der Waals surface area contributed by atoms with Crippen LogP contribution in [0.1, 0.15) is 19.4 Å². The summed E-state index contributed by atoms with van der Waals surface area (Å²) < 4.78 is 5.78. The van der Waals surface area contributed by atoms with Crippen LogP contribution in [0, 0.1) is 6.92 Å². The highest BCUT2D eigenvalue weighted by atomic mass is 16.5. The monoisotopic (exact) mass is 200 g/mol. The molecule has 0 aliphatic rings. The molecule has 0 unspecified atom stereocenters. The van der Waals surface area contributed by atoms with E-state index >= 15 is 0 Å². The predicted molar refractivity (Wildman–Crippen MR) is 64.4 cm³/mol. The fourth-order valence-corrected chi connectivity index (χ4v) is 1.78. The molecule has 0 N–H and O–H groups in total. The number of fused-ring (bicyclic) bond motifs is 1. The van der Waals surface area contributed by atoms with Crippen LogP contribution >= 0.6 is 0 Å². The van der Waals surface area contributed by atoms with Crippen molar-refractivity contribution < 1.29 is 4.74 Å².